The van der Waals surface area contributed by atoms with Gasteiger partial charge in [0.2, 0.25) is 0 Å². The van der Waals surface area contributed by atoms with Gasteiger partial charge in [-0.1, -0.05) is 32.9 Å². The summed E-state index contributed by atoms with van der Waals surface area (Å²) in [4.78, 5) is 31.8. The Labute approximate surface area is 140 Å². The highest BCUT2D eigenvalue weighted by molar-refractivity contribution is 5.92. The summed E-state index contributed by atoms with van der Waals surface area (Å²) in [7, 11) is 0. The molecule has 5 heteroatoms. The number of para-hydroxylation sites is 1. The molecule has 126 valence electrons. The SMILES string of the molecule is CC1(C)[C@H]2CC[C@]1(C)[C@@H](NC(=O)c1nc3ccccc3c(=O)[nH]1)C2. The molecule has 0 spiro atoms. The number of hydrogen-bond donors (Lipinski definition) is 2. The van der Waals surface area contributed by atoms with Crippen molar-refractivity contribution in [1.82, 2.24) is 15.3 Å². The molecule has 2 N–H and O–H groups in total. The smallest absolute Gasteiger partial charge is 0.287 e. The number of nitrogens with one attached hydrogen (secondary N) is 2. The molecule has 1 amide bonds. The molecule has 0 saturated heterocycles. The van der Waals surface area contributed by atoms with E-state index in [-0.39, 0.29) is 34.2 Å². The Hall–Kier alpha value is -2.17. The van der Waals surface area contributed by atoms with E-state index >= 15 is 0 Å². The molecule has 2 saturated carbocycles. The summed E-state index contributed by atoms with van der Waals surface area (Å²) in [5.41, 5.74) is 0.607. The van der Waals surface area contributed by atoms with Crippen molar-refractivity contribution in [2.45, 2.75) is 46.1 Å². The maximum absolute atomic E-state index is 12.7. The zero-order valence-corrected chi connectivity index (χ0v) is 14.3. The highest BCUT2D eigenvalue weighted by atomic mass is 16.2. The van der Waals surface area contributed by atoms with Crippen molar-refractivity contribution in [3.63, 3.8) is 0 Å². The number of amides is 1. The molecule has 2 aliphatic rings. The fourth-order valence-corrected chi connectivity index (χ4v) is 4.84. The van der Waals surface area contributed by atoms with Crippen LogP contribution in [0.1, 0.15) is 50.7 Å². The van der Waals surface area contributed by atoms with Crippen LogP contribution in [0.15, 0.2) is 29.1 Å². The summed E-state index contributed by atoms with van der Waals surface area (Å²) in [5.74, 6) is 0.465. The Morgan fingerprint density at radius 2 is 2.04 bits per heavy atom. The van der Waals surface area contributed by atoms with Gasteiger partial charge >= 0.3 is 0 Å². The van der Waals surface area contributed by atoms with E-state index in [1.165, 1.54) is 6.42 Å². The number of H-pyrrole nitrogens is 1. The number of aromatic amines is 1. The predicted octanol–water partition coefficient (Wildman–Crippen LogP) is 2.87. The summed E-state index contributed by atoms with van der Waals surface area (Å²) in [6.45, 7) is 6.90. The summed E-state index contributed by atoms with van der Waals surface area (Å²) in [6.07, 6.45) is 3.38. The van der Waals surface area contributed by atoms with Crippen LogP contribution in [-0.4, -0.2) is 21.9 Å². The van der Waals surface area contributed by atoms with E-state index in [4.69, 9.17) is 0 Å². The second-order valence-electron chi connectivity index (χ2n) is 8.07. The Bertz CT molecular complexity index is 886. The zero-order chi connectivity index (χ0) is 17.1. The normalized spacial score (nSPS) is 30.6. The van der Waals surface area contributed by atoms with E-state index in [2.05, 4.69) is 36.1 Å². The number of aromatic nitrogens is 2. The molecular formula is C19H23N3O2. The highest BCUT2D eigenvalue weighted by Crippen LogP contribution is 2.65. The van der Waals surface area contributed by atoms with Gasteiger partial charge in [0.05, 0.1) is 10.9 Å². The van der Waals surface area contributed by atoms with Gasteiger partial charge in [0, 0.05) is 6.04 Å². The number of benzene rings is 1. The van der Waals surface area contributed by atoms with Crippen molar-refractivity contribution >= 4 is 16.8 Å². The van der Waals surface area contributed by atoms with Gasteiger partial charge < -0.3 is 10.3 Å². The molecular weight excluding hydrogens is 302 g/mol. The molecule has 1 aromatic heterocycles. The van der Waals surface area contributed by atoms with Crippen LogP contribution < -0.4 is 10.9 Å². The van der Waals surface area contributed by atoms with Gasteiger partial charge in [-0.15, -0.1) is 0 Å². The first kappa shape index (κ1) is 15.4. The van der Waals surface area contributed by atoms with Crippen LogP contribution in [-0.2, 0) is 0 Å². The lowest BCUT2D eigenvalue weighted by Gasteiger charge is -2.39. The molecule has 5 nitrogen and oxygen atoms in total. The number of rotatable bonds is 2. The van der Waals surface area contributed by atoms with Crippen molar-refractivity contribution in [2.24, 2.45) is 16.7 Å². The maximum Gasteiger partial charge on any atom is 0.287 e. The molecule has 0 radical (unpaired) electrons. The number of hydrogen-bond acceptors (Lipinski definition) is 3. The third kappa shape index (κ3) is 1.96. The largest absolute Gasteiger partial charge is 0.346 e. The minimum Gasteiger partial charge on any atom is -0.346 e. The Balaban J connectivity index is 1.63. The number of nitrogens with zero attached hydrogens (tertiary/aromatic N) is 1. The van der Waals surface area contributed by atoms with Gasteiger partial charge in [-0.3, -0.25) is 9.59 Å². The van der Waals surface area contributed by atoms with Gasteiger partial charge in [-0.05, 0) is 48.1 Å². The lowest BCUT2D eigenvalue weighted by molar-refractivity contribution is 0.0816. The van der Waals surface area contributed by atoms with E-state index in [1.54, 1.807) is 18.2 Å². The van der Waals surface area contributed by atoms with Gasteiger partial charge in [0.25, 0.3) is 11.5 Å². The van der Waals surface area contributed by atoms with Crippen molar-refractivity contribution in [1.29, 1.82) is 0 Å². The fraction of sp³-hybridized carbons (Fsp3) is 0.526. The van der Waals surface area contributed by atoms with Crippen molar-refractivity contribution in [2.75, 3.05) is 0 Å². The second-order valence-corrected chi connectivity index (χ2v) is 8.07. The van der Waals surface area contributed by atoms with Gasteiger partial charge in [-0.25, -0.2) is 4.98 Å². The summed E-state index contributed by atoms with van der Waals surface area (Å²) in [6, 6.07) is 7.20. The average molecular weight is 325 g/mol. The highest BCUT2D eigenvalue weighted by Gasteiger charge is 2.61. The van der Waals surface area contributed by atoms with Crippen LogP contribution in [0.4, 0.5) is 0 Å². The van der Waals surface area contributed by atoms with Gasteiger partial charge in [-0.2, -0.15) is 0 Å². The van der Waals surface area contributed by atoms with Crippen LogP contribution in [0.2, 0.25) is 0 Å². The third-order valence-electron chi connectivity index (χ3n) is 6.93. The quantitative estimate of drug-likeness (QED) is 0.891. The maximum atomic E-state index is 12.7. The first-order valence-electron chi connectivity index (χ1n) is 8.63. The van der Waals surface area contributed by atoms with E-state index in [9.17, 15) is 9.59 Å². The van der Waals surface area contributed by atoms with Crippen LogP contribution in [0.3, 0.4) is 0 Å². The van der Waals surface area contributed by atoms with E-state index in [1.807, 2.05) is 6.07 Å². The lowest BCUT2D eigenvalue weighted by Crippen LogP contribution is -2.47. The molecule has 3 atom stereocenters. The molecule has 1 aromatic carbocycles. The average Bonchev–Trinajstić information content (AvgIpc) is 2.88. The second kappa shape index (κ2) is 4.91. The molecule has 1 heterocycles. The Morgan fingerprint density at radius 3 is 2.71 bits per heavy atom. The molecule has 2 fully saturated rings. The Kier molecular flexibility index (Phi) is 3.15. The molecule has 2 aliphatic carbocycles. The molecule has 24 heavy (non-hydrogen) atoms. The number of carbonyl (C=O) groups is 1. The minimum atomic E-state index is -0.285. The standard InChI is InChI=1S/C19H23N3O2/c1-18(2)11-8-9-19(18,3)14(10-11)21-17(24)15-20-13-7-5-4-6-12(13)16(23)22-15/h4-7,11,14H,8-10H2,1-3H3,(H,21,24)(H,20,22,23)/t11-,14-,19+/m0/s1. The third-order valence-corrected chi connectivity index (χ3v) is 6.93. The summed E-state index contributed by atoms with van der Waals surface area (Å²) < 4.78 is 0. The van der Waals surface area contributed by atoms with E-state index in [0.717, 1.165) is 12.8 Å². The topological polar surface area (TPSA) is 74.8 Å². The zero-order valence-electron chi connectivity index (χ0n) is 14.3. The molecule has 2 bridgehead atoms. The number of fused-ring (bicyclic) bond motifs is 3. The van der Waals surface area contributed by atoms with Crippen molar-refractivity contribution in [3.8, 4) is 0 Å². The first-order valence-corrected chi connectivity index (χ1v) is 8.63. The van der Waals surface area contributed by atoms with Crippen molar-refractivity contribution < 1.29 is 4.79 Å². The monoisotopic (exact) mass is 325 g/mol. The molecule has 2 aromatic rings. The molecule has 0 aliphatic heterocycles. The van der Waals surface area contributed by atoms with Crippen LogP contribution in [0.5, 0.6) is 0 Å². The first-order chi connectivity index (χ1) is 11.3. The van der Waals surface area contributed by atoms with Crippen molar-refractivity contribution in [3.05, 3.63) is 40.4 Å². The summed E-state index contributed by atoms with van der Waals surface area (Å²) in [5, 5.41) is 3.64. The van der Waals surface area contributed by atoms with Gasteiger partial charge in [0.1, 0.15) is 0 Å². The Morgan fingerprint density at radius 1 is 1.29 bits per heavy atom. The molecule has 4 rings (SSSR count). The minimum absolute atomic E-state index is 0.0999. The van der Waals surface area contributed by atoms with Crippen LogP contribution in [0, 0.1) is 16.7 Å². The molecule has 0 unspecified atom stereocenters. The summed E-state index contributed by atoms with van der Waals surface area (Å²) >= 11 is 0. The number of carbonyl (C=O) groups excluding carboxylic acids is 1. The fourth-order valence-electron chi connectivity index (χ4n) is 4.84. The van der Waals surface area contributed by atoms with E-state index in [0.29, 0.717) is 16.8 Å². The van der Waals surface area contributed by atoms with E-state index < -0.39 is 0 Å². The van der Waals surface area contributed by atoms with Crippen LogP contribution in [0.25, 0.3) is 10.9 Å². The van der Waals surface area contributed by atoms with Crippen LogP contribution >= 0.6 is 0 Å². The predicted molar refractivity (Wildman–Crippen MR) is 92.8 cm³/mol. The lowest BCUT2D eigenvalue weighted by atomic mass is 9.69. The van der Waals surface area contributed by atoms with Gasteiger partial charge in [0.15, 0.2) is 5.82 Å².